The van der Waals surface area contributed by atoms with Crippen LogP contribution in [0.25, 0.3) is 0 Å². The Kier molecular flexibility index (Phi) is 8.67. The average molecular weight is 699 g/mol. The summed E-state index contributed by atoms with van der Waals surface area (Å²) in [6.45, 7) is 1.53. The topological polar surface area (TPSA) is 131 Å². The van der Waals surface area contributed by atoms with Gasteiger partial charge in [-0.3, -0.25) is 14.1 Å². The third kappa shape index (κ3) is 5.34. The number of aliphatic hydroxyl groups excluding tert-OH is 1. The molecule has 2 heterocycles. The van der Waals surface area contributed by atoms with Gasteiger partial charge in [0.15, 0.2) is 11.8 Å². The van der Waals surface area contributed by atoms with Crippen molar-refractivity contribution in [1.82, 2.24) is 5.32 Å². The molecule has 0 saturated carbocycles. The summed E-state index contributed by atoms with van der Waals surface area (Å²) in [5.41, 5.74) is -1.56. The van der Waals surface area contributed by atoms with Crippen LogP contribution in [0, 0.1) is 6.92 Å². The first-order valence-corrected chi connectivity index (χ1v) is 16.0. The van der Waals surface area contributed by atoms with Gasteiger partial charge in [-0.15, -0.1) is 13.2 Å². The molecule has 0 bridgehead atoms. The molecule has 5 rings (SSSR count). The highest BCUT2D eigenvalue weighted by Gasteiger charge is 2.72. The number of nitrogens with one attached hydrogen (secondary N) is 1. The van der Waals surface area contributed by atoms with E-state index in [9.17, 15) is 31.5 Å². The molecule has 47 heavy (non-hydrogen) atoms. The zero-order valence-corrected chi connectivity index (χ0v) is 27.5. The number of methoxy groups -OCH3 is 2. The highest BCUT2D eigenvalue weighted by Crippen LogP contribution is 2.58. The van der Waals surface area contributed by atoms with Crippen molar-refractivity contribution in [2.45, 2.75) is 42.3 Å². The number of hydrogen-bond donors (Lipinski definition) is 2. The number of rotatable bonds is 8. The van der Waals surface area contributed by atoms with Crippen molar-refractivity contribution in [2.24, 2.45) is 0 Å². The van der Waals surface area contributed by atoms with Crippen LogP contribution in [0.2, 0.25) is 5.02 Å². The van der Waals surface area contributed by atoms with E-state index in [1.54, 1.807) is 32.2 Å². The van der Waals surface area contributed by atoms with E-state index in [1.165, 1.54) is 39.5 Å². The number of fused-ring (bicyclic) bond motifs is 1. The van der Waals surface area contributed by atoms with Crippen LogP contribution in [0.3, 0.4) is 0 Å². The van der Waals surface area contributed by atoms with Gasteiger partial charge in [-0.05, 0) is 49.4 Å². The number of benzene rings is 3. The Morgan fingerprint density at radius 1 is 1.06 bits per heavy atom. The number of likely N-dealkylation sites (tertiary alicyclic amines) is 1. The molecule has 2 aliphatic heterocycles. The number of nitrogens with zero attached hydrogens (tertiary/aromatic N) is 2. The standard InChI is InChI=1S/C31H31ClF3N3O8S/c1-17-6-10-25(45-5)22(12-17)30(38(3)16-19(39)14-24(38)28(40)36-2)21-13-18(32)7-9-23(21)37(29(30)41)47(42,43)27-11-8-20(44-4)15-26(27)46-31(33,34)35/h6-13,15,19,24,39H,14,16H2,1-5H3/p+1/t19-,24-,30?,38?/m0/s1. The van der Waals surface area contributed by atoms with E-state index in [1.807, 2.05) is 0 Å². The summed E-state index contributed by atoms with van der Waals surface area (Å²) in [7, 11) is 0.238. The van der Waals surface area contributed by atoms with E-state index in [-0.39, 0.29) is 46.3 Å². The first-order chi connectivity index (χ1) is 22.0. The van der Waals surface area contributed by atoms with Crippen LogP contribution in [0.1, 0.15) is 23.1 Å². The summed E-state index contributed by atoms with van der Waals surface area (Å²) in [6.07, 6.45) is -6.50. The Morgan fingerprint density at radius 3 is 2.38 bits per heavy atom. The fraction of sp³-hybridized carbons (Fsp3) is 0.355. The van der Waals surface area contributed by atoms with E-state index < -0.39 is 61.0 Å². The zero-order valence-electron chi connectivity index (χ0n) is 25.9. The van der Waals surface area contributed by atoms with Gasteiger partial charge in [0.25, 0.3) is 15.9 Å². The number of aryl methyl sites for hydroxylation is 1. The fourth-order valence-electron chi connectivity index (χ4n) is 6.88. The Bertz CT molecular complexity index is 1870. The predicted molar refractivity (Wildman–Crippen MR) is 164 cm³/mol. The monoisotopic (exact) mass is 698 g/mol. The second-order valence-electron chi connectivity index (χ2n) is 11.5. The Labute approximate surface area is 274 Å². The molecule has 3 aromatic carbocycles. The fourth-order valence-corrected chi connectivity index (χ4v) is 8.62. The molecule has 0 aromatic heterocycles. The number of amides is 2. The number of likely N-dealkylation sites (N-methyl/N-ethyl adjacent to an activating group) is 2. The molecule has 1 saturated heterocycles. The number of halogens is 4. The predicted octanol–water partition coefficient (Wildman–Crippen LogP) is 3.87. The Morgan fingerprint density at radius 2 is 1.77 bits per heavy atom. The number of carbonyl (C=O) groups is 2. The lowest BCUT2D eigenvalue weighted by molar-refractivity contribution is -0.953. The van der Waals surface area contributed by atoms with Crippen LogP contribution in [0.4, 0.5) is 18.9 Å². The van der Waals surface area contributed by atoms with Gasteiger partial charge in [-0.2, -0.15) is 4.31 Å². The van der Waals surface area contributed by atoms with Crippen LogP contribution in [-0.4, -0.2) is 83.2 Å². The lowest BCUT2D eigenvalue weighted by Crippen LogP contribution is -2.69. The normalized spacial score (nSPS) is 24.2. The quantitative estimate of drug-likeness (QED) is 0.339. The molecule has 0 spiro atoms. The minimum absolute atomic E-state index is 0.0276. The van der Waals surface area contributed by atoms with Crippen LogP contribution in [0.5, 0.6) is 17.2 Å². The largest absolute Gasteiger partial charge is 0.573 e. The molecular weight excluding hydrogens is 667 g/mol. The van der Waals surface area contributed by atoms with Crippen LogP contribution < -0.4 is 23.8 Å². The summed E-state index contributed by atoms with van der Waals surface area (Å²) in [5.74, 6) is -2.80. The molecule has 2 aliphatic rings. The summed E-state index contributed by atoms with van der Waals surface area (Å²) >= 11 is 6.50. The van der Waals surface area contributed by atoms with Crippen molar-refractivity contribution >= 4 is 39.1 Å². The highest BCUT2D eigenvalue weighted by molar-refractivity contribution is 7.93. The summed E-state index contributed by atoms with van der Waals surface area (Å²) in [4.78, 5) is 27.9. The highest BCUT2D eigenvalue weighted by atomic mass is 35.5. The van der Waals surface area contributed by atoms with Crippen molar-refractivity contribution in [3.05, 3.63) is 76.3 Å². The molecule has 0 aliphatic carbocycles. The molecule has 0 radical (unpaired) electrons. The number of aliphatic hydroxyl groups is 1. The lowest BCUT2D eigenvalue weighted by Gasteiger charge is -2.48. The second kappa shape index (κ2) is 11.9. The number of anilines is 1. The van der Waals surface area contributed by atoms with E-state index >= 15 is 4.79 Å². The smallest absolute Gasteiger partial charge is 0.497 e. The van der Waals surface area contributed by atoms with E-state index in [0.717, 1.165) is 18.2 Å². The van der Waals surface area contributed by atoms with Crippen LogP contribution >= 0.6 is 11.6 Å². The SMILES string of the molecule is CNC(=O)[C@@H]1C[C@H](O)C[N+]1(C)C1(c2cc(C)ccc2OC)C(=O)N(S(=O)(=O)c2ccc(OC)cc2OC(F)(F)F)c2ccc(Cl)cc21. The average Bonchev–Trinajstić information content (AvgIpc) is 3.46. The number of sulfonamides is 1. The summed E-state index contributed by atoms with van der Waals surface area (Å²) in [5, 5.41) is 13.7. The minimum Gasteiger partial charge on any atom is -0.497 e. The third-order valence-electron chi connectivity index (χ3n) is 8.79. The van der Waals surface area contributed by atoms with Gasteiger partial charge in [-0.1, -0.05) is 23.2 Å². The van der Waals surface area contributed by atoms with Crippen LogP contribution in [-0.2, 0) is 25.2 Å². The van der Waals surface area contributed by atoms with Gasteiger partial charge in [0.1, 0.15) is 29.0 Å². The Balaban J connectivity index is 1.91. The number of hydrogen-bond acceptors (Lipinski definition) is 8. The number of ether oxygens (including phenoxy) is 3. The van der Waals surface area contributed by atoms with E-state index in [0.29, 0.717) is 9.87 Å². The lowest BCUT2D eigenvalue weighted by atomic mass is 9.78. The number of quaternary nitrogens is 1. The molecule has 11 nitrogen and oxygen atoms in total. The van der Waals surface area contributed by atoms with Gasteiger partial charge < -0.3 is 24.6 Å². The van der Waals surface area contributed by atoms with Crippen molar-refractivity contribution in [2.75, 3.05) is 39.2 Å². The third-order valence-corrected chi connectivity index (χ3v) is 10.8. The summed E-state index contributed by atoms with van der Waals surface area (Å²) < 4.78 is 84.6. The molecule has 3 aromatic rings. The maximum Gasteiger partial charge on any atom is 0.573 e. The molecular formula is C31H32ClF3N3O8S+. The zero-order chi connectivity index (χ0) is 34.7. The molecule has 4 atom stereocenters. The Hall–Kier alpha value is -4.05. The van der Waals surface area contributed by atoms with Crippen LogP contribution in [0.15, 0.2) is 59.5 Å². The minimum atomic E-state index is -5.30. The maximum atomic E-state index is 15.4. The van der Waals surface area contributed by atoms with Crippen molar-refractivity contribution in [3.8, 4) is 17.2 Å². The number of alkyl halides is 3. The maximum absolute atomic E-state index is 15.4. The molecule has 16 heteroatoms. The van der Waals surface area contributed by atoms with Gasteiger partial charge in [0.05, 0.1) is 38.1 Å². The molecule has 2 amide bonds. The van der Waals surface area contributed by atoms with E-state index in [4.69, 9.17) is 21.1 Å². The second-order valence-corrected chi connectivity index (χ2v) is 13.7. The molecule has 2 N–H and O–H groups in total. The molecule has 1 fully saturated rings. The van der Waals surface area contributed by atoms with Crippen molar-refractivity contribution < 1.29 is 55.0 Å². The van der Waals surface area contributed by atoms with Gasteiger partial charge in [0, 0.05) is 24.6 Å². The summed E-state index contributed by atoms with van der Waals surface area (Å²) in [6, 6.07) is 10.5. The first-order valence-electron chi connectivity index (χ1n) is 14.2. The van der Waals surface area contributed by atoms with Gasteiger partial charge >= 0.3 is 12.3 Å². The van der Waals surface area contributed by atoms with E-state index in [2.05, 4.69) is 10.1 Å². The van der Waals surface area contributed by atoms with Gasteiger partial charge in [0.2, 0.25) is 5.54 Å². The van der Waals surface area contributed by atoms with Crippen molar-refractivity contribution in [3.63, 3.8) is 0 Å². The molecule has 2 unspecified atom stereocenters. The number of carbonyl (C=O) groups excluding carboxylic acids is 2. The molecule has 252 valence electrons. The van der Waals surface area contributed by atoms with Crippen molar-refractivity contribution in [1.29, 1.82) is 0 Å². The van der Waals surface area contributed by atoms with Gasteiger partial charge in [-0.25, -0.2) is 8.42 Å². The first kappa shape index (κ1) is 34.3.